The highest BCUT2D eigenvalue weighted by Crippen LogP contribution is 2.20. The second-order valence-corrected chi connectivity index (χ2v) is 5.23. The van der Waals surface area contributed by atoms with E-state index in [1.807, 2.05) is 17.9 Å². The van der Waals surface area contributed by atoms with Crippen molar-refractivity contribution in [3.63, 3.8) is 0 Å². The number of piperidine rings is 1. The Hall–Kier alpha value is -0.870. The maximum absolute atomic E-state index is 6.14. The van der Waals surface area contributed by atoms with Gasteiger partial charge in [0.2, 0.25) is 0 Å². The molecule has 0 radical (unpaired) electrons. The third kappa shape index (κ3) is 2.69. The lowest BCUT2D eigenvalue weighted by Crippen LogP contribution is -2.46. The molecule has 2 N–H and O–H groups in total. The average Bonchev–Trinajstić information content (AvgIpc) is 2.63. The Morgan fingerprint density at radius 2 is 2.29 bits per heavy atom. The molecule has 4 nitrogen and oxygen atoms in total. The van der Waals surface area contributed by atoms with Gasteiger partial charge >= 0.3 is 0 Å². The van der Waals surface area contributed by atoms with Crippen molar-refractivity contribution in [1.29, 1.82) is 0 Å². The zero-order valence-electron chi connectivity index (χ0n) is 11.2. The molecule has 0 spiro atoms. The second kappa shape index (κ2) is 5.19. The van der Waals surface area contributed by atoms with Crippen LogP contribution in [0.5, 0.6) is 0 Å². The van der Waals surface area contributed by atoms with E-state index in [2.05, 4.69) is 23.8 Å². The Morgan fingerprint density at radius 3 is 2.88 bits per heavy atom. The highest BCUT2D eigenvalue weighted by molar-refractivity contribution is 5.15. The highest BCUT2D eigenvalue weighted by atomic mass is 15.3. The molecule has 2 atom stereocenters. The van der Waals surface area contributed by atoms with Crippen molar-refractivity contribution in [2.24, 2.45) is 18.7 Å². The summed E-state index contributed by atoms with van der Waals surface area (Å²) in [6.07, 6.45) is 4.30. The van der Waals surface area contributed by atoms with E-state index >= 15 is 0 Å². The molecule has 1 saturated heterocycles. The van der Waals surface area contributed by atoms with E-state index in [4.69, 9.17) is 5.73 Å². The van der Waals surface area contributed by atoms with E-state index in [9.17, 15) is 0 Å². The fourth-order valence-corrected chi connectivity index (χ4v) is 2.64. The van der Waals surface area contributed by atoms with Crippen LogP contribution in [-0.2, 0) is 13.6 Å². The molecule has 0 aromatic carbocycles. The van der Waals surface area contributed by atoms with Crippen LogP contribution >= 0.6 is 0 Å². The number of nitrogens with two attached hydrogens (primary N) is 1. The minimum absolute atomic E-state index is 0.395. The molecule has 1 aromatic rings. The summed E-state index contributed by atoms with van der Waals surface area (Å²) in [5.74, 6) is 0.653. The van der Waals surface area contributed by atoms with Crippen LogP contribution in [0.25, 0.3) is 0 Å². The molecular weight excluding hydrogens is 212 g/mol. The molecule has 96 valence electrons. The number of likely N-dealkylation sites (tertiary alicyclic amines) is 1. The topological polar surface area (TPSA) is 47.1 Å². The lowest BCUT2D eigenvalue weighted by Gasteiger charge is -2.36. The fourth-order valence-electron chi connectivity index (χ4n) is 2.64. The van der Waals surface area contributed by atoms with Crippen molar-refractivity contribution in [2.45, 2.75) is 39.3 Å². The first-order valence-electron chi connectivity index (χ1n) is 6.57. The molecule has 0 saturated carbocycles. The van der Waals surface area contributed by atoms with Crippen molar-refractivity contribution in [2.75, 3.05) is 13.1 Å². The Balaban J connectivity index is 1.98. The van der Waals surface area contributed by atoms with Crippen LogP contribution < -0.4 is 5.73 Å². The van der Waals surface area contributed by atoms with Gasteiger partial charge in [-0.1, -0.05) is 13.3 Å². The standard InChI is InChI=1S/C13H24N4/c1-4-11-8-17(6-5-13(11)14)9-12-7-15-16(3)10(12)2/h7,11,13H,4-6,8-9,14H2,1-3H3. The SMILES string of the molecule is CCC1CN(Cc2cnn(C)c2C)CCC1N. The van der Waals surface area contributed by atoms with Crippen LogP contribution in [0.4, 0.5) is 0 Å². The van der Waals surface area contributed by atoms with E-state index in [1.165, 1.54) is 17.7 Å². The van der Waals surface area contributed by atoms with E-state index in [1.54, 1.807) is 0 Å². The van der Waals surface area contributed by atoms with Crippen LogP contribution in [0.1, 0.15) is 31.0 Å². The van der Waals surface area contributed by atoms with Gasteiger partial charge in [-0.25, -0.2) is 0 Å². The molecule has 0 bridgehead atoms. The minimum atomic E-state index is 0.395. The molecule has 17 heavy (non-hydrogen) atoms. The van der Waals surface area contributed by atoms with Crippen molar-refractivity contribution in [1.82, 2.24) is 14.7 Å². The van der Waals surface area contributed by atoms with Crippen molar-refractivity contribution in [3.05, 3.63) is 17.5 Å². The third-order valence-electron chi connectivity index (χ3n) is 4.13. The molecule has 2 rings (SSSR count). The molecule has 0 aliphatic carbocycles. The predicted octanol–water partition coefficient (Wildman–Crippen LogP) is 1.29. The lowest BCUT2D eigenvalue weighted by atomic mass is 9.90. The zero-order valence-corrected chi connectivity index (χ0v) is 11.2. The van der Waals surface area contributed by atoms with E-state index in [0.29, 0.717) is 12.0 Å². The Bertz CT molecular complexity index is 371. The van der Waals surface area contributed by atoms with Crippen molar-refractivity contribution in [3.8, 4) is 0 Å². The first-order valence-corrected chi connectivity index (χ1v) is 6.57. The van der Waals surface area contributed by atoms with Gasteiger partial charge in [0.15, 0.2) is 0 Å². The summed E-state index contributed by atoms with van der Waals surface area (Å²) in [6.45, 7) is 7.64. The van der Waals surface area contributed by atoms with E-state index < -0.39 is 0 Å². The highest BCUT2D eigenvalue weighted by Gasteiger charge is 2.25. The zero-order chi connectivity index (χ0) is 12.4. The number of aromatic nitrogens is 2. The number of aryl methyl sites for hydroxylation is 1. The maximum Gasteiger partial charge on any atom is 0.0537 e. The van der Waals surface area contributed by atoms with Gasteiger partial charge in [-0.3, -0.25) is 9.58 Å². The summed E-state index contributed by atoms with van der Waals surface area (Å²) in [7, 11) is 2.00. The molecule has 1 fully saturated rings. The van der Waals surface area contributed by atoms with Gasteiger partial charge in [0.1, 0.15) is 0 Å². The van der Waals surface area contributed by atoms with E-state index in [0.717, 1.165) is 26.1 Å². The van der Waals surface area contributed by atoms with Crippen LogP contribution in [0.3, 0.4) is 0 Å². The van der Waals surface area contributed by atoms with Crippen LogP contribution in [0.2, 0.25) is 0 Å². The normalized spacial score (nSPS) is 26.4. The molecule has 2 unspecified atom stereocenters. The largest absolute Gasteiger partial charge is 0.327 e. The van der Waals surface area contributed by atoms with Gasteiger partial charge in [-0.05, 0) is 25.8 Å². The minimum Gasteiger partial charge on any atom is -0.327 e. The van der Waals surface area contributed by atoms with Gasteiger partial charge in [0.25, 0.3) is 0 Å². The Labute approximate surface area is 104 Å². The smallest absolute Gasteiger partial charge is 0.0537 e. The van der Waals surface area contributed by atoms with Gasteiger partial charge < -0.3 is 5.73 Å². The van der Waals surface area contributed by atoms with Crippen LogP contribution in [0, 0.1) is 12.8 Å². The third-order valence-corrected chi connectivity index (χ3v) is 4.13. The predicted molar refractivity (Wildman–Crippen MR) is 69.6 cm³/mol. The summed E-state index contributed by atoms with van der Waals surface area (Å²) in [6, 6.07) is 0.395. The number of nitrogens with zero attached hydrogens (tertiary/aromatic N) is 3. The first-order chi connectivity index (χ1) is 8.11. The van der Waals surface area contributed by atoms with Gasteiger partial charge in [-0.2, -0.15) is 5.10 Å². The first kappa shape index (κ1) is 12.6. The quantitative estimate of drug-likeness (QED) is 0.860. The summed E-state index contributed by atoms with van der Waals surface area (Å²) in [4.78, 5) is 2.52. The van der Waals surface area contributed by atoms with E-state index in [-0.39, 0.29) is 0 Å². The maximum atomic E-state index is 6.14. The molecule has 2 heterocycles. The average molecular weight is 236 g/mol. The summed E-state index contributed by atoms with van der Waals surface area (Å²) < 4.78 is 1.95. The molecule has 1 aromatic heterocycles. The summed E-state index contributed by atoms with van der Waals surface area (Å²) >= 11 is 0. The molecular formula is C13H24N4. The van der Waals surface area contributed by atoms with Gasteiger partial charge in [0, 0.05) is 37.4 Å². The summed E-state index contributed by atoms with van der Waals surface area (Å²) in [5.41, 5.74) is 8.75. The molecule has 0 amide bonds. The molecule has 1 aliphatic rings. The van der Waals surface area contributed by atoms with Gasteiger partial charge in [0.05, 0.1) is 6.20 Å². The Morgan fingerprint density at radius 1 is 1.53 bits per heavy atom. The number of hydrogen-bond donors (Lipinski definition) is 1. The molecule has 1 aliphatic heterocycles. The number of rotatable bonds is 3. The van der Waals surface area contributed by atoms with Crippen LogP contribution in [0.15, 0.2) is 6.20 Å². The second-order valence-electron chi connectivity index (χ2n) is 5.23. The Kier molecular flexibility index (Phi) is 3.84. The fraction of sp³-hybridized carbons (Fsp3) is 0.769. The summed E-state index contributed by atoms with van der Waals surface area (Å²) in [5, 5.41) is 4.30. The monoisotopic (exact) mass is 236 g/mol. The lowest BCUT2D eigenvalue weighted by molar-refractivity contribution is 0.145. The van der Waals surface area contributed by atoms with Crippen molar-refractivity contribution >= 4 is 0 Å². The molecule has 4 heteroatoms. The van der Waals surface area contributed by atoms with Gasteiger partial charge in [-0.15, -0.1) is 0 Å². The van der Waals surface area contributed by atoms with Crippen LogP contribution in [-0.4, -0.2) is 33.8 Å². The van der Waals surface area contributed by atoms with Crippen molar-refractivity contribution < 1.29 is 0 Å². The number of hydrogen-bond acceptors (Lipinski definition) is 3.